The number of methoxy groups -OCH3 is 1. The molecule has 0 bridgehead atoms. The van der Waals surface area contributed by atoms with E-state index in [0.29, 0.717) is 5.69 Å². The molecule has 2 aromatic rings. The van der Waals surface area contributed by atoms with Gasteiger partial charge in [-0.25, -0.2) is 4.79 Å². The monoisotopic (exact) mass is 390 g/mol. The molecule has 1 N–H and O–H groups in total. The Morgan fingerprint density at radius 1 is 1.12 bits per heavy atom. The fourth-order valence-corrected chi connectivity index (χ4v) is 2.77. The van der Waals surface area contributed by atoms with Crippen LogP contribution in [0.2, 0.25) is 0 Å². The van der Waals surface area contributed by atoms with Gasteiger partial charge in [-0.1, -0.05) is 42.5 Å². The molecule has 24 heavy (non-hydrogen) atoms. The zero-order valence-electron chi connectivity index (χ0n) is 13.5. The lowest BCUT2D eigenvalue weighted by molar-refractivity contribution is -0.147. The van der Waals surface area contributed by atoms with Gasteiger partial charge in [-0.05, 0) is 40.7 Å². The molecule has 0 aliphatic heterocycles. The quantitative estimate of drug-likeness (QED) is 0.769. The fourth-order valence-electron chi connectivity index (χ4n) is 2.39. The highest BCUT2D eigenvalue weighted by Gasteiger charge is 2.27. The SMILES string of the molecule is COC(=O)C(c1ccccc1)N(C)CC(=O)Nc1ccccc1Br. The molecule has 2 aromatic carbocycles. The summed E-state index contributed by atoms with van der Waals surface area (Å²) in [5.74, 6) is -0.619. The molecule has 0 saturated heterocycles. The van der Waals surface area contributed by atoms with Gasteiger partial charge in [0.1, 0.15) is 6.04 Å². The van der Waals surface area contributed by atoms with Crippen molar-refractivity contribution in [3.63, 3.8) is 0 Å². The van der Waals surface area contributed by atoms with Crippen LogP contribution in [0.1, 0.15) is 11.6 Å². The number of hydrogen-bond acceptors (Lipinski definition) is 4. The number of hydrogen-bond donors (Lipinski definition) is 1. The number of ether oxygens (including phenoxy) is 1. The zero-order chi connectivity index (χ0) is 17.5. The Balaban J connectivity index is 2.10. The fraction of sp³-hybridized carbons (Fsp3) is 0.222. The number of anilines is 1. The summed E-state index contributed by atoms with van der Waals surface area (Å²) in [6.07, 6.45) is 0. The number of nitrogens with zero attached hydrogens (tertiary/aromatic N) is 1. The standard InChI is InChI=1S/C18H19BrN2O3/c1-21(12-16(22)20-15-11-7-6-10-14(15)19)17(18(23)24-2)13-8-4-3-5-9-13/h3-11,17H,12H2,1-2H3,(H,20,22). The second kappa shape index (κ2) is 8.61. The molecule has 1 amide bonds. The Hall–Kier alpha value is -2.18. The Kier molecular flexibility index (Phi) is 6.52. The number of para-hydroxylation sites is 1. The third-order valence-corrected chi connectivity index (χ3v) is 4.21. The van der Waals surface area contributed by atoms with Crippen LogP contribution < -0.4 is 5.32 Å². The van der Waals surface area contributed by atoms with E-state index in [-0.39, 0.29) is 12.5 Å². The van der Waals surface area contributed by atoms with Crippen molar-refractivity contribution in [1.82, 2.24) is 4.90 Å². The number of halogens is 1. The summed E-state index contributed by atoms with van der Waals surface area (Å²) >= 11 is 3.39. The van der Waals surface area contributed by atoms with Crippen LogP contribution in [0.15, 0.2) is 59.1 Å². The summed E-state index contributed by atoms with van der Waals surface area (Å²) < 4.78 is 5.69. The second-order valence-electron chi connectivity index (χ2n) is 5.28. The van der Waals surface area contributed by atoms with Crippen LogP contribution in [0, 0.1) is 0 Å². The van der Waals surface area contributed by atoms with Gasteiger partial charge in [-0.2, -0.15) is 0 Å². The van der Waals surface area contributed by atoms with E-state index in [4.69, 9.17) is 4.74 Å². The second-order valence-corrected chi connectivity index (χ2v) is 6.13. The van der Waals surface area contributed by atoms with E-state index in [0.717, 1.165) is 10.0 Å². The maximum atomic E-state index is 12.3. The highest BCUT2D eigenvalue weighted by Crippen LogP contribution is 2.23. The summed E-state index contributed by atoms with van der Waals surface area (Å²) in [6, 6.07) is 16.0. The molecule has 0 spiro atoms. The minimum Gasteiger partial charge on any atom is -0.468 e. The third kappa shape index (κ3) is 4.66. The van der Waals surface area contributed by atoms with Gasteiger partial charge in [-0.15, -0.1) is 0 Å². The van der Waals surface area contributed by atoms with Gasteiger partial charge in [0.05, 0.1) is 19.3 Å². The first-order valence-electron chi connectivity index (χ1n) is 7.40. The number of benzene rings is 2. The van der Waals surface area contributed by atoms with Gasteiger partial charge in [0, 0.05) is 4.47 Å². The van der Waals surface area contributed by atoms with Crippen molar-refractivity contribution in [2.75, 3.05) is 26.0 Å². The minimum atomic E-state index is -0.638. The highest BCUT2D eigenvalue weighted by atomic mass is 79.9. The molecule has 0 aliphatic carbocycles. The first-order chi connectivity index (χ1) is 11.5. The Morgan fingerprint density at radius 2 is 1.75 bits per heavy atom. The Morgan fingerprint density at radius 3 is 2.38 bits per heavy atom. The van der Waals surface area contributed by atoms with Gasteiger partial charge in [-0.3, -0.25) is 9.69 Å². The van der Waals surface area contributed by atoms with E-state index in [1.807, 2.05) is 48.5 Å². The van der Waals surface area contributed by atoms with Crippen molar-refractivity contribution in [2.45, 2.75) is 6.04 Å². The van der Waals surface area contributed by atoms with Crippen LogP contribution >= 0.6 is 15.9 Å². The predicted octanol–water partition coefficient (Wildman–Crippen LogP) is 3.23. The average Bonchev–Trinajstić information content (AvgIpc) is 2.58. The average molecular weight is 391 g/mol. The summed E-state index contributed by atoms with van der Waals surface area (Å²) in [5.41, 5.74) is 1.46. The lowest BCUT2D eigenvalue weighted by atomic mass is 10.1. The largest absolute Gasteiger partial charge is 0.468 e. The van der Waals surface area contributed by atoms with Crippen molar-refractivity contribution >= 4 is 33.5 Å². The van der Waals surface area contributed by atoms with Gasteiger partial charge in [0.25, 0.3) is 0 Å². The maximum Gasteiger partial charge on any atom is 0.327 e. The third-order valence-electron chi connectivity index (χ3n) is 3.52. The van der Waals surface area contributed by atoms with E-state index in [1.54, 1.807) is 18.0 Å². The molecule has 1 unspecified atom stereocenters. The van der Waals surface area contributed by atoms with E-state index < -0.39 is 12.0 Å². The summed E-state index contributed by atoms with van der Waals surface area (Å²) in [4.78, 5) is 26.1. The molecule has 0 heterocycles. The van der Waals surface area contributed by atoms with E-state index in [2.05, 4.69) is 21.2 Å². The maximum absolute atomic E-state index is 12.3. The molecule has 0 radical (unpaired) electrons. The molecule has 6 heteroatoms. The van der Waals surface area contributed by atoms with Crippen molar-refractivity contribution in [1.29, 1.82) is 0 Å². The molecule has 1 atom stereocenters. The molecule has 5 nitrogen and oxygen atoms in total. The lowest BCUT2D eigenvalue weighted by Gasteiger charge is -2.25. The van der Waals surface area contributed by atoms with Crippen LogP contribution in [0.25, 0.3) is 0 Å². The number of carbonyl (C=O) groups excluding carboxylic acids is 2. The van der Waals surface area contributed by atoms with E-state index >= 15 is 0 Å². The zero-order valence-corrected chi connectivity index (χ0v) is 15.1. The Bertz CT molecular complexity index is 706. The van der Waals surface area contributed by atoms with Crippen LogP contribution in [-0.2, 0) is 14.3 Å². The van der Waals surface area contributed by atoms with Gasteiger partial charge < -0.3 is 10.1 Å². The molecular weight excluding hydrogens is 372 g/mol. The molecule has 0 fully saturated rings. The van der Waals surface area contributed by atoms with Gasteiger partial charge >= 0.3 is 5.97 Å². The van der Waals surface area contributed by atoms with E-state index in [1.165, 1.54) is 7.11 Å². The number of carbonyl (C=O) groups is 2. The van der Waals surface area contributed by atoms with Gasteiger partial charge in [0.15, 0.2) is 0 Å². The number of rotatable bonds is 6. The Labute approximate surface area is 149 Å². The van der Waals surface area contributed by atoms with Crippen LogP contribution in [0.5, 0.6) is 0 Å². The van der Waals surface area contributed by atoms with Crippen molar-refractivity contribution in [3.05, 3.63) is 64.6 Å². The van der Waals surface area contributed by atoms with Crippen molar-refractivity contribution in [3.8, 4) is 0 Å². The van der Waals surface area contributed by atoms with Crippen LogP contribution in [0.3, 0.4) is 0 Å². The number of likely N-dealkylation sites (N-methyl/N-ethyl adjacent to an activating group) is 1. The van der Waals surface area contributed by atoms with Crippen molar-refractivity contribution in [2.24, 2.45) is 0 Å². The van der Waals surface area contributed by atoms with Crippen LogP contribution in [0.4, 0.5) is 5.69 Å². The number of amides is 1. The molecule has 0 aromatic heterocycles. The number of nitrogens with one attached hydrogen (secondary N) is 1. The van der Waals surface area contributed by atoms with Gasteiger partial charge in [0.2, 0.25) is 5.91 Å². The molecular formula is C18H19BrN2O3. The molecule has 2 rings (SSSR count). The summed E-state index contributed by atoms with van der Waals surface area (Å²) in [7, 11) is 3.06. The molecule has 0 aliphatic rings. The lowest BCUT2D eigenvalue weighted by Crippen LogP contribution is -2.37. The first kappa shape index (κ1) is 18.2. The highest BCUT2D eigenvalue weighted by molar-refractivity contribution is 9.10. The smallest absolute Gasteiger partial charge is 0.327 e. The molecule has 0 saturated carbocycles. The van der Waals surface area contributed by atoms with Crippen LogP contribution in [-0.4, -0.2) is 37.5 Å². The summed E-state index contributed by atoms with van der Waals surface area (Å²) in [6.45, 7) is 0.0516. The topological polar surface area (TPSA) is 58.6 Å². The van der Waals surface area contributed by atoms with E-state index in [9.17, 15) is 9.59 Å². The first-order valence-corrected chi connectivity index (χ1v) is 8.19. The molecule has 126 valence electrons. The predicted molar refractivity (Wildman–Crippen MR) is 96.6 cm³/mol. The number of esters is 1. The summed E-state index contributed by atoms with van der Waals surface area (Å²) in [5, 5.41) is 2.82. The van der Waals surface area contributed by atoms with Crippen molar-refractivity contribution < 1.29 is 14.3 Å². The normalized spacial score (nSPS) is 11.8. The minimum absolute atomic E-state index is 0.0516.